The van der Waals surface area contributed by atoms with Crippen molar-refractivity contribution in [3.05, 3.63) is 0 Å². The highest BCUT2D eigenvalue weighted by atomic mass is 16.3. The number of hydrogen-bond donors (Lipinski definition) is 6. The fourth-order valence-corrected chi connectivity index (χ4v) is 3.83. The first-order valence-corrected chi connectivity index (χ1v) is 13.4. The van der Waals surface area contributed by atoms with Gasteiger partial charge in [0, 0.05) is 13.0 Å². The van der Waals surface area contributed by atoms with E-state index < -0.39 is 30.5 Å². The molecule has 0 radical (unpaired) electrons. The monoisotopic (exact) mass is 498 g/mol. The highest BCUT2D eigenvalue weighted by Gasteiger charge is 2.24. The van der Waals surface area contributed by atoms with Gasteiger partial charge in [-0.3, -0.25) is 19.4 Å². The van der Waals surface area contributed by atoms with Crippen LogP contribution in [0, 0.1) is 0 Å². The molecule has 2 atom stereocenters. The Bertz CT molecular complexity index is 611. The molecule has 0 aliphatic carbocycles. The van der Waals surface area contributed by atoms with Gasteiger partial charge >= 0.3 is 0 Å². The van der Waals surface area contributed by atoms with Gasteiger partial charge in [0.05, 0.1) is 6.61 Å². The number of amides is 3. The molecule has 0 aliphatic rings. The first-order valence-electron chi connectivity index (χ1n) is 13.4. The van der Waals surface area contributed by atoms with Crippen LogP contribution in [0.15, 0.2) is 4.99 Å². The van der Waals surface area contributed by atoms with E-state index in [1.165, 1.54) is 64.2 Å². The van der Waals surface area contributed by atoms with Crippen molar-refractivity contribution in [3.8, 4) is 0 Å². The van der Waals surface area contributed by atoms with E-state index in [4.69, 9.17) is 17.2 Å². The number of aliphatic hydroxyl groups excluding tert-OH is 1. The number of hydrogen-bond acceptors (Lipinski definition) is 5. The normalized spacial score (nSPS) is 12.5. The Hall–Kier alpha value is -2.36. The number of carbonyl (C=O) groups is 3. The lowest BCUT2D eigenvalue weighted by molar-refractivity contribution is -0.132. The van der Waals surface area contributed by atoms with Gasteiger partial charge in [0.1, 0.15) is 12.1 Å². The number of aliphatic imine (C=N–C) groups is 1. The number of rotatable bonds is 23. The maximum atomic E-state index is 12.4. The number of nitrogens with one attached hydrogen (secondary N) is 2. The Kier molecular flexibility index (Phi) is 20.6. The lowest BCUT2D eigenvalue weighted by Gasteiger charge is -2.20. The standard InChI is InChI=1S/C25H50N6O4/c1-2-3-4-5-6-7-8-9-10-11-12-13-14-17-22(33)30-21(19-32)24(35)31-20(23(26)34)16-15-18-29-25(27)28/h20-21,32H,2-19H2,1H3,(H2,26,34)(H,30,33)(H,31,35)(H4,27,28,29)/t20-,21-/m0/s1. The van der Waals surface area contributed by atoms with Gasteiger partial charge in [-0.05, 0) is 19.3 Å². The molecular weight excluding hydrogens is 448 g/mol. The molecule has 10 nitrogen and oxygen atoms in total. The molecule has 0 fully saturated rings. The third kappa shape index (κ3) is 19.6. The second-order valence-corrected chi connectivity index (χ2v) is 9.21. The Morgan fingerprint density at radius 1 is 0.743 bits per heavy atom. The number of unbranched alkanes of at least 4 members (excludes halogenated alkanes) is 12. The van der Waals surface area contributed by atoms with Crippen LogP contribution >= 0.6 is 0 Å². The van der Waals surface area contributed by atoms with Crippen molar-refractivity contribution in [1.82, 2.24) is 10.6 Å². The topological polar surface area (TPSA) is 186 Å². The number of guanidine groups is 1. The summed E-state index contributed by atoms with van der Waals surface area (Å²) in [6.07, 6.45) is 16.8. The van der Waals surface area contributed by atoms with Crippen LogP contribution in [-0.4, -0.2) is 54.0 Å². The third-order valence-electron chi connectivity index (χ3n) is 5.95. The molecule has 0 heterocycles. The van der Waals surface area contributed by atoms with Gasteiger partial charge in [0.25, 0.3) is 0 Å². The van der Waals surface area contributed by atoms with Gasteiger partial charge < -0.3 is 32.9 Å². The van der Waals surface area contributed by atoms with Crippen LogP contribution in [0.1, 0.15) is 110 Å². The van der Waals surface area contributed by atoms with Crippen LogP contribution in [-0.2, 0) is 14.4 Å². The minimum atomic E-state index is -1.14. The summed E-state index contributed by atoms with van der Waals surface area (Å²) in [7, 11) is 0. The largest absolute Gasteiger partial charge is 0.394 e. The van der Waals surface area contributed by atoms with Crippen LogP contribution in [0.25, 0.3) is 0 Å². The summed E-state index contributed by atoms with van der Waals surface area (Å²) in [6.45, 7) is 1.96. The van der Waals surface area contributed by atoms with Crippen LogP contribution < -0.4 is 27.8 Å². The van der Waals surface area contributed by atoms with Crippen molar-refractivity contribution < 1.29 is 19.5 Å². The van der Waals surface area contributed by atoms with Crippen molar-refractivity contribution in [2.75, 3.05) is 13.2 Å². The molecule has 0 aromatic rings. The average Bonchev–Trinajstić information content (AvgIpc) is 2.81. The summed E-state index contributed by atoms with van der Waals surface area (Å²) < 4.78 is 0. The molecule has 35 heavy (non-hydrogen) atoms. The summed E-state index contributed by atoms with van der Waals surface area (Å²) in [5, 5.41) is 14.5. The van der Waals surface area contributed by atoms with E-state index in [1.54, 1.807) is 0 Å². The zero-order chi connectivity index (χ0) is 26.3. The van der Waals surface area contributed by atoms with E-state index in [0.717, 1.165) is 19.3 Å². The predicted molar refractivity (Wildman–Crippen MR) is 140 cm³/mol. The van der Waals surface area contributed by atoms with Crippen LogP contribution in [0.3, 0.4) is 0 Å². The molecule has 3 amide bonds. The summed E-state index contributed by atoms with van der Waals surface area (Å²) in [4.78, 5) is 40.0. The van der Waals surface area contributed by atoms with E-state index in [0.29, 0.717) is 19.4 Å². The first kappa shape index (κ1) is 32.6. The number of carbonyl (C=O) groups excluding carboxylic acids is 3. The molecule has 0 rings (SSSR count). The van der Waals surface area contributed by atoms with Gasteiger partial charge in [0.2, 0.25) is 17.7 Å². The van der Waals surface area contributed by atoms with E-state index in [1.807, 2.05) is 0 Å². The van der Waals surface area contributed by atoms with Crippen molar-refractivity contribution in [2.24, 2.45) is 22.2 Å². The number of aliphatic hydroxyl groups is 1. The first-order chi connectivity index (χ1) is 16.8. The maximum absolute atomic E-state index is 12.4. The molecule has 0 spiro atoms. The number of nitrogens with zero attached hydrogens (tertiary/aromatic N) is 1. The molecular formula is C25H50N6O4. The van der Waals surface area contributed by atoms with Gasteiger partial charge in [-0.25, -0.2) is 0 Å². The lowest BCUT2D eigenvalue weighted by Crippen LogP contribution is -2.54. The average molecular weight is 499 g/mol. The zero-order valence-electron chi connectivity index (χ0n) is 21.7. The minimum absolute atomic E-state index is 0.0591. The lowest BCUT2D eigenvalue weighted by atomic mass is 10.0. The molecule has 0 aromatic heterocycles. The second-order valence-electron chi connectivity index (χ2n) is 9.21. The predicted octanol–water partition coefficient (Wildman–Crippen LogP) is 1.97. The molecule has 0 bridgehead atoms. The van der Waals surface area contributed by atoms with Gasteiger partial charge in [-0.2, -0.15) is 0 Å². The van der Waals surface area contributed by atoms with Crippen molar-refractivity contribution >= 4 is 23.7 Å². The number of nitrogens with two attached hydrogens (primary N) is 3. The summed E-state index contributed by atoms with van der Waals surface area (Å²) in [6, 6.07) is -2.08. The fourth-order valence-electron chi connectivity index (χ4n) is 3.83. The quantitative estimate of drug-likeness (QED) is 0.0710. The Balaban J connectivity index is 4.00. The molecule has 204 valence electrons. The summed E-state index contributed by atoms with van der Waals surface area (Å²) >= 11 is 0. The van der Waals surface area contributed by atoms with E-state index in [9.17, 15) is 19.5 Å². The Morgan fingerprint density at radius 3 is 1.71 bits per heavy atom. The Morgan fingerprint density at radius 2 is 1.26 bits per heavy atom. The zero-order valence-corrected chi connectivity index (χ0v) is 21.7. The highest BCUT2D eigenvalue weighted by molar-refractivity contribution is 5.91. The third-order valence-corrected chi connectivity index (χ3v) is 5.95. The highest BCUT2D eigenvalue weighted by Crippen LogP contribution is 2.13. The van der Waals surface area contributed by atoms with Crippen LogP contribution in [0.2, 0.25) is 0 Å². The van der Waals surface area contributed by atoms with Gasteiger partial charge in [0.15, 0.2) is 5.96 Å². The fraction of sp³-hybridized carbons (Fsp3) is 0.840. The van der Waals surface area contributed by atoms with Crippen LogP contribution in [0.5, 0.6) is 0 Å². The second kappa shape index (κ2) is 22.1. The summed E-state index contributed by atoms with van der Waals surface area (Å²) in [5.74, 6) is -1.73. The molecule has 0 aliphatic heterocycles. The number of primary amides is 1. The SMILES string of the molecule is CCCCCCCCCCCCCCCC(=O)N[C@@H](CO)C(=O)N[C@@H](CCCN=C(N)N)C(N)=O. The minimum Gasteiger partial charge on any atom is -0.394 e. The van der Waals surface area contributed by atoms with E-state index in [-0.39, 0.29) is 18.3 Å². The summed E-state index contributed by atoms with van der Waals surface area (Å²) in [5.41, 5.74) is 15.8. The smallest absolute Gasteiger partial charge is 0.245 e. The molecule has 0 unspecified atom stereocenters. The van der Waals surface area contributed by atoms with Crippen molar-refractivity contribution in [3.63, 3.8) is 0 Å². The maximum Gasteiger partial charge on any atom is 0.245 e. The van der Waals surface area contributed by atoms with Crippen molar-refractivity contribution in [2.45, 2.75) is 122 Å². The molecule has 9 N–H and O–H groups in total. The molecule has 10 heteroatoms. The molecule has 0 aromatic carbocycles. The molecule has 0 saturated carbocycles. The van der Waals surface area contributed by atoms with E-state index >= 15 is 0 Å². The van der Waals surface area contributed by atoms with E-state index in [2.05, 4.69) is 22.5 Å². The van der Waals surface area contributed by atoms with Crippen LogP contribution in [0.4, 0.5) is 0 Å². The van der Waals surface area contributed by atoms with Crippen molar-refractivity contribution in [1.29, 1.82) is 0 Å². The Labute approximate surface area is 211 Å². The molecule has 0 saturated heterocycles. The van der Waals surface area contributed by atoms with Gasteiger partial charge in [-0.1, -0.05) is 84.0 Å². The van der Waals surface area contributed by atoms with Gasteiger partial charge in [-0.15, -0.1) is 0 Å².